The molecule has 1 heterocycles. The first-order valence-corrected chi connectivity index (χ1v) is 7.44. The smallest absolute Gasteiger partial charge is 0.234 e. The number of nitrogens with zero attached hydrogens (tertiary/aromatic N) is 3. The molecule has 0 aliphatic heterocycles. The number of carbonyl (C=O) groups excluding carboxylic acids is 1. The number of thioether (sulfide) groups is 1. The van der Waals surface area contributed by atoms with E-state index in [1.165, 1.54) is 17.8 Å². The summed E-state index contributed by atoms with van der Waals surface area (Å²) in [7, 11) is 1.73. The maximum Gasteiger partial charge on any atom is 0.234 e. The second-order valence-corrected chi connectivity index (χ2v) is 5.84. The Balaban J connectivity index is 2.17. The normalized spacial score (nSPS) is 11.7. The van der Waals surface area contributed by atoms with E-state index in [-0.39, 0.29) is 23.5 Å². The van der Waals surface area contributed by atoms with E-state index >= 15 is 0 Å². The van der Waals surface area contributed by atoms with Crippen molar-refractivity contribution >= 4 is 17.7 Å². The van der Waals surface area contributed by atoms with Crippen LogP contribution in [0.15, 0.2) is 29.4 Å². The minimum atomic E-state index is -0.385. The number of hydrogen-bond acceptors (Lipinski definition) is 4. The summed E-state index contributed by atoms with van der Waals surface area (Å²) < 4.78 is 15.5. The highest BCUT2D eigenvalue weighted by molar-refractivity contribution is 8.00. The van der Waals surface area contributed by atoms with Gasteiger partial charge in [0, 0.05) is 7.05 Å². The Labute approximate surface area is 132 Å². The van der Waals surface area contributed by atoms with Gasteiger partial charge in [-0.05, 0) is 19.1 Å². The summed E-state index contributed by atoms with van der Waals surface area (Å²) in [6.07, 6.45) is 5.10. The molecular weight excluding hydrogens is 303 g/mol. The number of halogens is 1. The Morgan fingerprint density at radius 3 is 2.91 bits per heavy atom. The molecule has 22 heavy (non-hydrogen) atoms. The van der Waals surface area contributed by atoms with Crippen LogP contribution in [0.5, 0.6) is 0 Å². The lowest BCUT2D eigenvalue weighted by atomic mass is 10.2. The van der Waals surface area contributed by atoms with E-state index in [9.17, 15) is 9.18 Å². The van der Waals surface area contributed by atoms with Crippen molar-refractivity contribution in [3.05, 3.63) is 30.1 Å². The predicted molar refractivity (Wildman–Crippen MR) is 83.6 cm³/mol. The monoisotopic (exact) mass is 318 g/mol. The molecule has 0 fully saturated rings. The van der Waals surface area contributed by atoms with Crippen LogP contribution in [0.2, 0.25) is 0 Å². The van der Waals surface area contributed by atoms with Crippen molar-refractivity contribution in [1.29, 1.82) is 0 Å². The highest BCUT2D eigenvalue weighted by Crippen LogP contribution is 2.26. The van der Waals surface area contributed by atoms with Crippen molar-refractivity contribution in [2.75, 3.05) is 6.54 Å². The molecule has 1 amide bonds. The fraction of sp³-hybridized carbons (Fsp3) is 0.267. The van der Waals surface area contributed by atoms with E-state index in [0.717, 1.165) is 0 Å². The molecule has 1 aromatic carbocycles. The van der Waals surface area contributed by atoms with Gasteiger partial charge in [-0.15, -0.1) is 16.6 Å². The molecule has 0 aliphatic rings. The summed E-state index contributed by atoms with van der Waals surface area (Å²) in [5.74, 6) is 2.21. The number of aromatic nitrogens is 3. The van der Waals surface area contributed by atoms with Crippen LogP contribution in [0.4, 0.5) is 4.39 Å². The van der Waals surface area contributed by atoms with Gasteiger partial charge in [0.15, 0.2) is 11.0 Å². The molecule has 1 atom stereocenters. The van der Waals surface area contributed by atoms with Gasteiger partial charge in [0.1, 0.15) is 5.82 Å². The molecule has 2 rings (SSSR count). The molecule has 0 bridgehead atoms. The highest BCUT2D eigenvalue weighted by atomic mass is 32.2. The molecule has 1 N–H and O–H groups in total. The van der Waals surface area contributed by atoms with Crippen LogP contribution in [0.3, 0.4) is 0 Å². The van der Waals surface area contributed by atoms with Crippen molar-refractivity contribution in [2.45, 2.75) is 17.3 Å². The van der Waals surface area contributed by atoms with Crippen LogP contribution in [-0.4, -0.2) is 32.5 Å². The second kappa shape index (κ2) is 7.09. The van der Waals surface area contributed by atoms with Crippen molar-refractivity contribution in [2.24, 2.45) is 7.05 Å². The Bertz CT molecular complexity index is 723. The Kier molecular flexibility index (Phi) is 5.17. The average molecular weight is 318 g/mol. The lowest BCUT2D eigenvalue weighted by Gasteiger charge is -2.10. The molecule has 2 aromatic rings. The Morgan fingerprint density at radius 2 is 2.23 bits per heavy atom. The summed E-state index contributed by atoms with van der Waals surface area (Å²) in [5, 5.41) is 10.8. The molecule has 5 nitrogen and oxygen atoms in total. The molecule has 0 saturated carbocycles. The SMILES string of the molecule is C#CCNC(=O)C(C)Sc1nnc(-c2ccccc2F)n1C. The summed E-state index contributed by atoms with van der Waals surface area (Å²) in [6, 6.07) is 6.35. The van der Waals surface area contributed by atoms with Crippen molar-refractivity contribution in [3.63, 3.8) is 0 Å². The maximum absolute atomic E-state index is 13.8. The highest BCUT2D eigenvalue weighted by Gasteiger charge is 2.19. The lowest BCUT2D eigenvalue weighted by molar-refractivity contribution is -0.120. The minimum Gasteiger partial charge on any atom is -0.344 e. The number of hydrogen-bond donors (Lipinski definition) is 1. The molecule has 1 unspecified atom stereocenters. The maximum atomic E-state index is 13.8. The van der Waals surface area contributed by atoms with Crippen LogP contribution in [0, 0.1) is 18.2 Å². The van der Waals surface area contributed by atoms with E-state index in [2.05, 4.69) is 21.4 Å². The summed E-state index contributed by atoms with van der Waals surface area (Å²) in [4.78, 5) is 11.8. The molecule has 0 aliphatic carbocycles. The topological polar surface area (TPSA) is 59.8 Å². The molecule has 0 spiro atoms. The van der Waals surface area contributed by atoms with Gasteiger partial charge in [0.05, 0.1) is 17.4 Å². The number of amides is 1. The van der Waals surface area contributed by atoms with E-state index in [1.54, 1.807) is 36.7 Å². The third-order valence-corrected chi connectivity index (χ3v) is 4.10. The number of rotatable bonds is 5. The zero-order valence-corrected chi connectivity index (χ0v) is 13.0. The average Bonchev–Trinajstić information content (AvgIpc) is 2.86. The minimum absolute atomic E-state index is 0.182. The van der Waals surface area contributed by atoms with Crippen LogP contribution in [-0.2, 0) is 11.8 Å². The summed E-state index contributed by atoms with van der Waals surface area (Å²) in [6.45, 7) is 1.93. The van der Waals surface area contributed by atoms with Gasteiger partial charge in [-0.3, -0.25) is 4.79 Å². The number of nitrogens with one attached hydrogen (secondary N) is 1. The zero-order chi connectivity index (χ0) is 16.1. The van der Waals surface area contributed by atoms with Gasteiger partial charge in [-0.2, -0.15) is 0 Å². The first-order valence-electron chi connectivity index (χ1n) is 6.56. The number of carbonyl (C=O) groups is 1. The number of terminal acetylenes is 1. The Morgan fingerprint density at radius 1 is 1.50 bits per heavy atom. The van der Waals surface area contributed by atoms with E-state index in [0.29, 0.717) is 16.5 Å². The lowest BCUT2D eigenvalue weighted by Crippen LogP contribution is -2.31. The van der Waals surface area contributed by atoms with Gasteiger partial charge in [0.25, 0.3) is 0 Å². The van der Waals surface area contributed by atoms with Crippen LogP contribution < -0.4 is 5.32 Å². The standard InChI is InChI=1S/C15H15FN4OS/c1-4-9-17-14(21)10(2)22-15-19-18-13(20(15)3)11-7-5-6-8-12(11)16/h1,5-8,10H,9H2,2-3H3,(H,17,21). The van der Waals surface area contributed by atoms with Gasteiger partial charge in [-0.25, -0.2) is 4.39 Å². The van der Waals surface area contributed by atoms with Gasteiger partial charge in [-0.1, -0.05) is 29.8 Å². The van der Waals surface area contributed by atoms with Crippen LogP contribution in [0.25, 0.3) is 11.4 Å². The van der Waals surface area contributed by atoms with Crippen LogP contribution >= 0.6 is 11.8 Å². The quantitative estimate of drug-likeness (QED) is 0.675. The number of benzene rings is 1. The molecule has 0 radical (unpaired) electrons. The third kappa shape index (κ3) is 3.46. The van der Waals surface area contributed by atoms with Gasteiger partial charge in [0.2, 0.25) is 5.91 Å². The zero-order valence-electron chi connectivity index (χ0n) is 12.2. The van der Waals surface area contributed by atoms with Gasteiger partial charge >= 0.3 is 0 Å². The molecule has 1 aromatic heterocycles. The van der Waals surface area contributed by atoms with Crippen molar-refractivity contribution in [3.8, 4) is 23.7 Å². The molecule has 0 saturated heterocycles. The summed E-state index contributed by atoms with van der Waals surface area (Å²) >= 11 is 1.24. The molecule has 7 heteroatoms. The largest absolute Gasteiger partial charge is 0.344 e. The fourth-order valence-corrected chi connectivity index (χ4v) is 2.63. The Hall–Kier alpha value is -2.33. The van der Waals surface area contributed by atoms with E-state index < -0.39 is 0 Å². The predicted octanol–water partition coefficient (Wildman–Crippen LogP) is 1.85. The first kappa shape index (κ1) is 16.0. The van der Waals surface area contributed by atoms with Gasteiger partial charge < -0.3 is 9.88 Å². The van der Waals surface area contributed by atoms with Crippen molar-refractivity contribution < 1.29 is 9.18 Å². The molecular formula is C15H15FN4OS. The fourth-order valence-electron chi connectivity index (χ4n) is 1.79. The second-order valence-electron chi connectivity index (χ2n) is 4.53. The third-order valence-electron chi connectivity index (χ3n) is 2.97. The summed E-state index contributed by atoms with van der Waals surface area (Å²) in [5.41, 5.74) is 0.369. The first-order chi connectivity index (χ1) is 10.5. The van der Waals surface area contributed by atoms with Crippen LogP contribution in [0.1, 0.15) is 6.92 Å². The van der Waals surface area contributed by atoms with E-state index in [1.807, 2.05) is 0 Å². The van der Waals surface area contributed by atoms with Crippen molar-refractivity contribution in [1.82, 2.24) is 20.1 Å². The van der Waals surface area contributed by atoms with E-state index in [4.69, 9.17) is 6.42 Å². The molecule has 114 valence electrons.